The van der Waals surface area contributed by atoms with Crippen molar-refractivity contribution >= 4 is 17.7 Å². The highest BCUT2D eigenvalue weighted by Crippen LogP contribution is 2.30. The number of aromatic nitrogens is 3. The summed E-state index contributed by atoms with van der Waals surface area (Å²) in [6.07, 6.45) is 6.12. The van der Waals surface area contributed by atoms with Crippen molar-refractivity contribution in [2.45, 2.75) is 32.9 Å². The number of amides is 2. The van der Waals surface area contributed by atoms with Crippen LogP contribution in [0.15, 0.2) is 55.1 Å². The van der Waals surface area contributed by atoms with Gasteiger partial charge in [0.1, 0.15) is 6.61 Å². The van der Waals surface area contributed by atoms with Crippen molar-refractivity contribution in [3.8, 4) is 11.3 Å². The Balaban J connectivity index is 1.71. The molecule has 0 aliphatic carbocycles. The van der Waals surface area contributed by atoms with Crippen molar-refractivity contribution in [2.24, 2.45) is 0 Å². The minimum Gasteiger partial charge on any atom is -0.447 e. The molecule has 0 radical (unpaired) electrons. The number of pyridine rings is 1. The molecule has 31 heavy (non-hydrogen) atoms. The minimum atomic E-state index is -0.430. The first-order valence-corrected chi connectivity index (χ1v) is 10.0. The summed E-state index contributed by atoms with van der Waals surface area (Å²) in [6.45, 7) is 6.00. The van der Waals surface area contributed by atoms with Crippen molar-refractivity contribution in [3.05, 3.63) is 71.9 Å². The van der Waals surface area contributed by atoms with Crippen LogP contribution in [-0.2, 0) is 4.74 Å². The van der Waals surface area contributed by atoms with E-state index in [1.807, 2.05) is 39.0 Å². The molecule has 0 bridgehead atoms. The molecule has 1 aliphatic heterocycles. The lowest BCUT2D eigenvalue weighted by molar-refractivity contribution is 0.0939. The lowest BCUT2D eigenvalue weighted by Gasteiger charge is -2.20. The largest absolute Gasteiger partial charge is 0.447 e. The number of hydrogen-bond donors (Lipinski definition) is 1. The number of rotatable bonds is 5. The molecule has 158 valence electrons. The van der Waals surface area contributed by atoms with E-state index in [0.29, 0.717) is 29.2 Å². The number of carbonyl (C=O) groups excluding carboxylic acids is 2. The third kappa shape index (κ3) is 4.37. The summed E-state index contributed by atoms with van der Waals surface area (Å²) in [7, 11) is 0. The summed E-state index contributed by atoms with van der Waals surface area (Å²) in [5.41, 5.74) is 4.15. The van der Waals surface area contributed by atoms with Crippen LogP contribution in [0.3, 0.4) is 0 Å². The van der Waals surface area contributed by atoms with Crippen LogP contribution >= 0.6 is 0 Å². The van der Waals surface area contributed by atoms with Crippen LogP contribution in [0, 0.1) is 6.92 Å². The molecule has 1 fully saturated rings. The normalized spacial score (nSPS) is 16.7. The Hall–Kier alpha value is -3.81. The maximum atomic E-state index is 13.1. The molecule has 4 rings (SSSR count). The molecule has 0 saturated carbocycles. The number of carbonyl (C=O) groups is 2. The van der Waals surface area contributed by atoms with Gasteiger partial charge in [-0.15, -0.1) is 0 Å². The molecule has 2 amide bonds. The standard InChI is InChI=1S/C23H23N5O3/c1-14-4-5-20(26-11-14)17-8-18(10-19(9-17)28-15(2)13-31-23(28)30)22(29)27-16(3)21-12-24-6-7-25-21/h4-12,15-16H,13H2,1-3H3,(H,27,29)/t15-,16?/m1/s1. The Morgan fingerprint density at radius 2 is 2.03 bits per heavy atom. The molecule has 1 N–H and O–H groups in total. The van der Waals surface area contributed by atoms with Gasteiger partial charge in [-0.3, -0.25) is 24.6 Å². The second kappa shape index (κ2) is 8.51. The zero-order valence-corrected chi connectivity index (χ0v) is 17.6. The van der Waals surface area contributed by atoms with Crippen molar-refractivity contribution in [1.82, 2.24) is 20.3 Å². The van der Waals surface area contributed by atoms with Crippen molar-refractivity contribution in [2.75, 3.05) is 11.5 Å². The molecule has 8 nitrogen and oxygen atoms in total. The van der Waals surface area contributed by atoms with Crippen LogP contribution in [-0.4, -0.2) is 39.6 Å². The predicted molar refractivity (Wildman–Crippen MR) is 116 cm³/mol. The van der Waals surface area contributed by atoms with Gasteiger partial charge in [0, 0.05) is 35.4 Å². The van der Waals surface area contributed by atoms with E-state index in [9.17, 15) is 9.59 Å². The topological polar surface area (TPSA) is 97.3 Å². The van der Waals surface area contributed by atoms with E-state index in [4.69, 9.17) is 4.74 Å². The van der Waals surface area contributed by atoms with Gasteiger partial charge < -0.3 is 10.1 Å². The smallest absolute Gasteiger partial charge is 0.414 e. The summed E-state index contributed by atoms with van der Waals surface area (Å²) in [5, 5.41) is 2.94. The van der Waals surface area contributed by atoms with Gasteiger partial charge in [-0.2, -0.15) is 0 Å². The predicted octanol–water partition coefficient (Wildman–Crippen LogP) is 3.68. The third-order valence-electron chi connectivity index (χ3n) is 5.13. The van der Waals surface area contributed by atoms with Gasteiger partial charge in [-0.25, -0.2) is 4.79 Å². The highest BCUT2D eigenvalue weighted by Gasteiger charge is 2.31. The maximum Gasteiger partial charge on any atom is 0.414 e. The molecular weight excluding hydrogens is 394 g/mol. The van der Waals surface area contributed by atoms with E-state index in [1.165, 1.54) is 0 Å². The number of nitrogens with one attached hydrogen (secondary N) is 1. The summed E-state index contributed by atoms with van der Waals surface area (Å²) in [5.74, 6) is -0.284. The Kier molecular flexibility index (Phi) is 5.62. The van der Waals surface area contributed by atoms with Gasteiger partial charge in [0.25, 0.3) is 5.91 Å². The molecule has 1 unspecified atom stereocenters. The summed E-state index contributed by atoms with van der Waals surface area (Å²) in [6, 6.07) is 8.70. The fourth-order valence-corrected chi connectivity index (χ4v) is 3.43. The molecule has 2 atom stereocenters. The molecule has 2 aromatic heterocycles. The number of cyclic esters (lactones) is 1. The van der Waals surface area contributed by atoms with Crippen LogP contribution < -0.4 is 10.2 Å². The molecule has 0 spiro atoms. The zero-order valence-electron chi connectivity index (χ0n) is 17.6. The summed E-state index contributed by atoms with van der Waals surface area (Å²) in [4.78, 5) is 39.7. The first-order chi connectivity index (χ1) is 14.9. The fraction of sp³-hybridized carbons (Fsp3) is 0.261. The molecule has 8 heteroatoms. The molecule has 1 aromatic carbocycles. The van der Waals surface area contributed by atoms with Crippen molar-refractivity contribution in [3.63, 3.8) is 0 Å². The summed E-state index contributed by atoms with van der Waals surface area (Å²) < 4.78 is 5.17. The molecular formula is C23H23N5O3. The molecule has 1 saturated heterocycles. The van der Waals surface area contributed by atoms with E-state index in [2.05, 4.69) is 20.3 Å². The Morgan fingerprint density at radius 3 is 2.68 bits per heavy atom. The van der Waals surface area contributed by atoms with E-state index < -0.39 is 6.09 Å². The number of nitrogens with zero attached hydrogens (tertiary/aromatic N) is 4. The number of benzene rings is 1. The number of hydrogen-bond acceptors (Lipinski definition) is 6. The lowest BCUT2D eigenvalue weighted by atomic mass is 10.0. The summed E-state index contributed by atoms with van der Waals surface area (Å²) >= 11 is 0. The van der Waals surface area contributed by atoms with Crippen LogP contribution in [0.1, 0.15) is 41.5 Å². The minimum absolute atomic E-state index is 0.136. The second-order valence-corrected chi connectivity index (χ2v) is 7.61. The van der Waals surface area contributed by atoms with Crippen molar-refractivity contribution < 1.29 is 14.3 Å². The Labute approximate surface area is 180 Å². The maximum absolute atomic E-state index is 13.1. The molecule has 3 aromatic rings. The van der Waals surface area contributed by atoms with Crippen LogP contribution in [0.4, 0.5) is 10.5 Å². The molecule has 3 heterocycles. The van der Waals surface area contributed by atoms with E-state index in [0.717, 1.165) is 11.1 Å². The Bertz CT molecular complexity index is 1100. The number of aryl methyl sites for hydroxylation is 1. The van der Waals surface area contributed by atoms with Gasteiger partial charge in [-0.1, -0.05) is 6.07 Å². The van der Waals surface area contributed by atoms with Crippen LogP contribution in [0.25, 0.3) is 11.3 Å². The van der Waals surface area contributed by atoms with Crippen LogP contribution in [0.2, 0.25) is 0 Å². The van der Waals surface area contributed by atoms with E-state index in [-0.39, 0.29) is 18.0 Å². The third-order valence-corrected chi connectivity index (χ3v) is 5.13. The SMILES string of the molecule is Cc1ccc(-c2cc(C(=O)NC(C)c3cnccn3)cc(N3C(=O)OC[C@H]3C)c2)nc1. The zero-order chi connectivity index (χ0) is 22.0. The Morgan fingerprint density at radius 1 is 1.19 bits per heavy atom. The lowest BCUT2D eigenvalue weighted by Crippen LogP contribution is -2.32. The van der Waals surface area contributed by atoms with Crippen LogP contribution in [0.5, 0.6) is 0 Å². The van der Waals surface area contributed by atoms with Crippen molar-refractivity contribution in [1.29, 1.82) is 0 Å². The first-order valence-electron chi connectivity index (χ1n) is 10.0. The van der Waals surface area contributed by atoms with Gasteiger partial charge in [-0.05, 0) is 50.6 Å². The fourth-order valence-electron chi connectivity index (χ4n) is 3.43. The second-order valence-electron chi connectivity index (χ2n) is 7.61. The average molecular weight is 417 g/mol. The molecule has 1 aliphatic rings. The first kappa shape index (κ1) is 20.5. The number of anilines is 1. The van der Waals surface area contributed by atoms with Gasteiger partial charge >= 0.3 is 6.09 Å². The van der Waals surface area contributed by atoms with Gasteiger partial charge in [0.2, 0.25) is 0 Å². The highest BCUT2D eigenvalue weighted by molar-refractivity contribution is 5.99. The average Bonchev–Trinajstić information content (AvgIpc) is 3.12. The number of ether oxygens (including phenoxy) is 1. The monoisotopic (exact) mass is 417 g/mol. The quantitative estimate of drug-likeness (QED) is 0.680. The van der Waals surface area contributed by atoms with Gasteiger partial charge in [0.05, 0.1) is 29.7 Å². The highest BCUT2D eigenvalue weighted by atomic mass is 16.6. The van der Waals surface area contributed by atoms with E-state index in [1.54, 1.807) is 41.8 Å². The van der Waals surface area contributed by atoms with Gasteiger partial charge in [0.15, 0.2) is 0 Å². The van der Waals surface area contributed by atoms with E-state index >= 15 is 0 Å².